The van der Waals surface area contributed by atoms with Gasteiger partial charge in [-0.05, 0) is 46.3 Å². The molecule has 3 aromatic rings. The molecule has 1 amide bonds. The molecule has 1 aliphatic rings. The molecule has 0 saturated carbocycles. The highest BCUT2D eigenvalue weighted by Crippen LogP contribution is 2.31. The Morgan fingerprint density at radius 2 is 2.03 bits per heavy atom. The van der Waals surface area contributed by atoms with E-state index < -0.39 is 0 Å². The summed E-state index contributed by atoms with van der Waals surface area (Å²) in [4.78, 5) is 27.0. The number of piperazine rings is 1. The summed E-state index contributed by atoms with van der Waals surface area (Å²) < 4.78 is 6.56. The molecule has 168 valence electrons. The summed E-state index contributed by atoms with van der Waals surface area (Å²) in [5, 5.41) is 12.3. The molecule has 8 nitrogen and oxygen atoms in total. The Labute approximate surface area is 199 Å². The van der Waals surface area contributed by atoms with Crippen LogP contribution in [0, 0.1) is 0 Å². The Morgan fingerprint density at radius 1 is 1.22 bits per heavy atom. The van der Waals surface area contributed by atoms with E-state index in [0.717, 1.165) is 33.1 Å². The zero-order valence-corrected chi connectivity index (χ0v) is 20.0. The summed E-state index contributed by atoms with van der Waals surface area (Å²) in [7, 11) is 1.56. The number of carbonyl (C=O) groups excluding carboxylic acids is 1. The van der Waals surface area contributed by atoms with Gasteiger partial charge in [0.25, 0.3) is 5.91 Å². The third-order valence-corrected chi connectivity index (χ3v) is 6.89. The summed E-state index contributed by atoms with van der Waals surface area (Å²) in [5.41, 5.74) is 2.08. The van der Waals surface area contributed by atoms with Gasteiger partial charge in [0.2, 0.25) is 5.95 Å². The molecular formula is C22H24BrN5O3S. The van der Waals surface area contributed by atoms with Crippen molar-refractivity contribution in [2.24, 2.45) is 0 Å². The number of benzene rings is 1. The van der Waals surface area contributed by atoms with Crippen LogP contribution < -0.4 is 10.1 Å². The molecule has 0 radical (unpaired) electrons. The van der Waals surface area contributed by atoms with E-state index in [1.807, 2.05) is 29.2 Å². The molecule has 1 aliphatic heterocycles. The molecule has 0 bridgehead atoms. The molecule has 2 aromatic heterocycles. The maximum Gasteiger partial charge on any atom is 0.257 e. The number of amides is 1. The number of aliphatic hydroxyl groups is 1. The predicted octanol–water partition coefficient (Wildman–Crippen LogP) is 3.47. The van der Waals surface area contributed by atoms with E-state index in [1.165, 1.54) is 0 Å². The van der Waals surface area contributed by atoms with Gasteiger partial charge in [-0.15, -0.1) is 11.3 Å². The Morgan fingerprint density at radius 3 is 2.72 bits per heavy atom. The molecule has 0 atom stereocenters. The van der Waals surface area contributed by atoms with Crippen molar-refractivity contribution in [3.05, 3.63) is 51.9 Å². The molecule has 1 aromatic carbocycles. The molecule has 1 fully saturated rings. The molecular weight excluding hydrogens is 494 g/mol. The number of anilines is 2. The van der Waals surface area contributed by atoms with Crippen molar-refractivity contribution in [3.8, 4) is 16.3 Å². The first-order valence-corrected chi connectivity index (χ1v) is 11.8. The molecule has 0 unspecified atom stereocenters. The minimum atomic E-state index is -0.0569. The van der Waals surface area contributed by atoms with Crippen LogP contribution in [-0.4, -0.2) is 77.2 Å². The van der Waals surface area contributed by atoms with E-state index in [9.17, 15) is 4.79 Å². The lowest BCUT2D eigenvalue weighted by Gasteiger charge is -2.34. The van der Waals surface area contributed by atoms with Gasteiger partial charge >= 0.3 is 0 Å². The summed E-state index contributed by atoms with van der Waals surface area (Å²) in [6.07, 6.45) is 1.71. The van der Waals surface area contributed by atoms with Gasteiger partial charge in [-0.3, -0.25) is 9.69 Å². The van der Waals surface area contributed by atoms with Crippen molar-refractivity contribution in [1.29, 1.82) is 0 Å². The highest BCUT2D eigenvalue weighted by Gasteiger charge is 2.24. The first-order valence-electron chi connectivity index (χ1n) is 10.2. The number of nitrogens with one attached hydrogen (secondary N) is 1. The maximum atomic E-state index is 13.0. The predicted molar refractivity (Wildman–Crippen MR) is 129 cm³/mol. The average molecular weight is 518 g/mol. The fraction of sp³-hybridized carbons (Fsp3) is 0.318. The second-order valence-electron chi connectivity index (χ2n) is 7.27. The largest absolute Gasteiger partial charge is 0.496 e. The van der Waals surface area contributed by atoms with Crippen LogP contribution in [0.25, 0.3) is 10.6 Å². The number of methoxy groups -OCH3 is 1. The average Bonchev–Trinajstić information content (AvgIpc) is 3.26. The van der Waals surface area contributed by atoms with E-state index >= 15 is 0 Å². The Kier molecular flexibility index (Phi) is 7.36. The lowest BCUT2D eigenvalue weighted by atomic mass is 10.1. The van der Waals surface area contributed by atoms with Crippen molar-refractivity contribution >= 4 is 44.8 Å². The van der Waals surface area contributed by atoms with E-state index in [1.54, 1.807) is 36.8 Å². The molecule has 0 aliphatic carbocycles. The van der Waals surface area contributed by atoms with Gasteiger partial charge in [-0.1, -0.05) is 0 Å². The third kappa shape index (κ3) is 5.26. The van der Waals surface area contributed by atoms with Crippen molar-refractivity contribution < 1.29 is 14.6 Å². The van der Waals surface area contributed by atoms with Gasteiger partial charge in [-0.2, -0.15) is 0 Å². The number of hydrogen-bond donors (Lipinski definition) is 2. The van der Waals surface area contributed by atoms with E-state index in [0.29, 0.717) is 36.9 Å². The molecule has 0 spiro atoms. The Hall–Kier alpha value is -2.53. The van der Waals surface area contributed by atoms with E-state index in [2.05, 4.69) is 36.1 Å². The van der Waals surface area contributed by atoms with Crippen LogP contribution in [0.15, 0.2) is 46.4 Å². The number of nitrogens with zero attached hydrogens (tertiary/aromatic N) is 4. The lowest BCUT2D eigenvalue weighted by Crippen LogP contribution is -2.49. The van der Waals surface area contributed by atoms with E-state index in [4.69, 9.17) is 9.84 Å². The zero-order valence-electron chi connectivity index (χ0n) is 17.6. The van der Waals surface area contributed by atoms with Gasteiger partial charge in [0.15, 0.2) is 0 Å². The number of aliphatic hydroxyl groups excluding tert-OH is 1. The van der Waals surface area contributed by atoms with Crippen molar-refractivity contribution in [2.75, 3.05) is 51.8 Å². The molecule has 3 heterocycles. The minimum Gasteiger partial charge on any atom is -0.496 e. The van der Waals surface area contributed by atoms with Gasteiger partial charge in [0.05, 0.1) is 33.6 Å². The number of thiophene rings is 1. The molecule has 4 rings (SSSR count). The topological polar surface area (TPSA) is 90.8 Å². The number of ether oxygens (including phenoxy) is 1. The number of carbonyl (C=O) groups is 1. The van der Waals surface area contributed by atoms with Crippen molar-refractivity contribution in [1.82, 2.24) is 19.8 Å². The van der Waals surface area contributed by atoms with Crippen LogP contribution in [0.3, 0.4) is 0 Å². The van der Waals surface area contributed by atoms with Crippen LogP contribution in [-0.2, 0) is 0 Å². The highest BCUT2D eigenvalue weighted by molar-refractivity contribution is 9.11. The summed E-state index contributed by atoms with van der Waals surface area (Å²) in [5.74, 6) is 0.905. The third-order valence-electron chi connectivity index (χ3n) is 5.25. The van der Waals surface area contributed by atoms with Crippen LogP contribution >= 0.6 is 27.3 Å². The van der Waals surface area contributed by atoms with Gasteiger partial charge in [-0.25, -0.2) is 9.97 Å². The highest BCUT2D eigenvalue weighted by atomic mass is 79.9. The standard InChI is InChI=1S/C22H24BrN5O3S/c1-31-18-14-15(25-22-24-7-6-17(26-22)19-4-5-20(23)32-19)2-3-16(18)21(30)28-10-8-27(9-11-28)12-13-29/h2-7,14,29H,8-13H2,1H3,(H,24,25,26). The normalized spacial score (nSPS) is 14.4. The lowest BCUT2D eigenvalue weighted by molar-refractivity contribution is 0.0612. The van der Waals surface area contributed by atoms with Gasteiger partial charge < -0.3 is 20.1 Å². The second kappa shape index (κ2) is 10.4. The Balaban J connectivity index is 1.47. The number of halogens is 1. The summed E-state index contributed by atoms with van der Waals surface area (Å²) in [6, 6.07) is 11.2. The van der Waals surface area contributed by atoms with Crippen molar-refractivity contribution in [2.45, 2.75) is 0 Å². The minimum absolute atomic E-state index is 0.0569. The summed E-state index contributed by atoms with van der Waals surface area (Å²) in [6.45, 7) is 3.53. The fourth-order valence-corrected chi connectivity index (χ4v) is 4.93. The van der Waals surface area contributed by atoms with Gasteiger partial charge in [0, 0.05) is 50.7 Å². The molecule has 1 saturated heterocycles. The molecule has 32 heavy (non-hydrogen) atoms. The van der Waals surface area contributed by atoms with E-state index in [-0.39, 0.29) is 12.5 Å². The number of β-amino-alcohol motifs (C(OH)–C–C–N with tert-alkyl or cyclic N) is 1. The molecule has 2 N–H and O–H groups in total. The zero-order chi connectivity index (χ0) is 22.5. The van der Waals surface area contributed by atoms with Gasteiger partial charge in [0.1, 0.15) is 5.75 Å². The smallest absolute Gasteiger partial charge is 0.257 e. The first-order chi connectivity index (χ1) is 15.6. The first kappa shape index (κ1) is 22.7. The van der Waals surface area contributed by atoms with Crippen LogP contribution in [0.5, 0.6) is 5.75 Å². The number of hydrogen-bond acceptors (Lipinski definition) is 8. The number of rotatable bonds is 7. The quantitative estimate of drug-likeness (QED) is 0.495. The summed E-state index contributed by atoms with van der Waals surface area (Å²) >= 11 is 5.08. The molecule has 10 heteroatoms. The monoisotopic (exact) mass is 517 g/mol. The maximum absolute atomic E-state index is 13.0. The number of aromatic nitrogens is 2. The Bertz CT molecular complexity index is 1080. The van der Waals surface area contributed by atoms with Crippen molar-refractivity contribution in [3.63, 3.8) is 0 Å². The second-order valence-corrected chi connectivity index (χ2v) is 9.73. The van der Waals surface area contributed by atoms with Crippen LogP contribution in [0.4, 0.5) is 11.6 Å². The van der Waals surface area contributed by atoms with Crippen LogP contribution in [0.1, 0.15) is 10.4 Å². The van der Waals surface area contributed by atoms with Crippen LogP contribution in [0.2, 0.25) is 0 Å². The fourth-order valence-electron chi connectivity index (χ4n) is 3.57. The SMILES string of the molecule is COc1cc(Nc2nccc(-c3ccc(Br)s3)n2)ccc1C(=O)N1CCN(CCO)CC1.